The molecule has 0 bridgehead atoms. The van der Waals surface area contributed by atoms with E-state index in [4.69, 9.17) is 4.74 Å². The Morgan fingerprint density at radius 3 is 2.62 bits per heavy atom. The fourth-order valence-electron chi connectivity index (χ4n) is 2.98. The van der Waals surface area contributed by atoms with Crippen molar-refractivity contribution in [2.75, 3.05) is 6.61 Å². The standard InChI is InChI=1S/C18H28N2O/c1-13(2)17-9-15(11-19-16-7-8-16)10-18(20-17)21-12-14-5-3-4-6-14/h9-10,13-14,16,19H,3-8,11-12H2,1-2H3. The van der Waals surface area contributed by atoms with Gasteiger partial charge in [-0.15, -0.1) is 0 Å². The minimum atomic E-state index is 0.444. The molecule has 1 aromatic rings. The molecule has 0 spiro atoms. The van der Waals surface area contributed by atoms with Crippen LogP contribution in [0.3, 0.4) is 0 Å². The molecule has 2 fully saturated rings. The molecule has 1 heterocycles. The van der Waals surface area contributed by atoms with Crippen molar-refractivity contribution in [3.8, 4) is 5.88 Å². The van der Waals surface area contributed by atoms with Crippen LogP contribution in [0.1, 0.15) is 69.5 Å². The molecule has 21 heavy (non-hydrogen) atoms. The molecule has 0 aromatic carbocycles. The third-order valence-electron chi connectivity index (χ3n) is 4.59. The van der Waals surface area contributed by atoms with Gasteiger partial charge in [0.15, 0.2) is 0 Å². The van der Waals surface area contributed by atoms with Crippen molar-refractivity contribution in [2.24, 2.45) is 5.92 Å². The highest BCUT2D eigenvalue weighted by Crippen LogP contribution is 2.26. The summed E-state index contributed by atoms with van der Waals surface area (Å²) in [6, 6.07) is 5.09. The molecular weight excluding hydrogens is 260 g/mol. The van der Waals surface area contributed by atoms with Gasteiger partial charge >= 0.3 is 0 Å². The summed E-state index contributed by atoms with van der Waals surface area (Å²) in [6.45, 7) is 6.17. The zero-order valence-electron chi connectivity index (χ0n) is 13.4. The topological polar surface area (TPSA) is 34.1 Å². The van der Waals surface area contributed by atoms with Gasteiger partial charge in [0.05, 0.1) is 6.61 Å². The van der Waals surface area contributed by atoms with Crippen molar-refractivity contribution in [1.82, 2.24) is 10.3 Å². The summed E-state index contributed by atoms with van der Waals surface area (Å²) in [5.41, 5.74) is 2.45. The van der Waals surface area contributed by atoms with Crippen molar-refractivity contribution in [3.63, 3.8) is 0 Å². The number of nitrogens with zero attached hydrogens (tertiary/aromatic N) is 1. The van der Waals surface area contributed by atoms with Crippen molar-refractivity contribution < 1.29 is 4.74 Å². The summed E-state index contributed by atoms with van der Waals surface area (Å²) >= 11 is 0. The van der Waals surface area contributed by atoms with Crippen LogP contribution >= 0.6 is 0 Å². The molecule has 116 valence electrons. The second-order valence-corrected chi connectivity index (χ2v) is 7.01. The van der Waals surface area contributed by atoms with E-state index in [9.17, 15) is 0 Å². The fraction of sp³-hybridized carbons (Fsp3) is 0.722. The van der Waals surface area contributed by atoms with Gasteiger partial charge in [0.25, 0.3) is 0 Å². The molecule has 2 saturated carbocycles. The SMILES string of the molecule is CC(C)c1cc(CNC2CC2)cc(OCC2CCCC2)n1. The van der Waals surface area contributed by atoms with Crippen LogP contribution in [-0.4, -0.2) is 17.6 Å². The monoisotopic (exact) mass is 288 g/mol. The van der Waals surface area contributed by atoms with Crippen LogP contribution in [0.25, 0.3) is 0 Å². The Bertz CT molecular complexity index is 462. The number of hydrogen-bond acceptors (Lipinski definition) is 3. The van der Waals surface area contributed by atoms with Crippen LogP contribution < -0.4 is 10.1 Å². The lowest BCUT2D eigenvalue weighted by molar-refractivity contribution is 0.242. The number of aromatic nitrogens is 1. The second kappa shape index (κ2) is 6.78. The highest BCUT2D eigenvalue weighted by Gasteiger charge is 2.20. The van der Waals surface area contributed by atoms with Gasteiger partial charge in [-0.25, -0.2) is 4.98 Å². The van der Waals surface area contributed by atoms with Gasteiger partial charge in [0, 0.05) is 24.3 Å². The molecule has 3 nitrogen and oxygen atoms in total. The maximum atomic E-state index is 6.00. The lowest BCUT2D eigenvalue weighted by atomic mass is 10.1. The molecule has 0 unspecified atom stereocenters. The van der Waals surface area contributed by atoms with Gasteiger partial charge in [-0.05, 0) is 49.1 Å². The van der Waals surface area contributed by atoms with Crippen LogP contribution in [0.5, 0.6) is 5.88 Å². The van der Waals surface area contributed by atoms with Crippen LogP contribution in [0, 0.1) is 5.92 Å². The zero-order valence-corrected chi connectivity index (χ0v) is 13.4. The highest BCUT2D eigenvalue weighted by atomic mass is 16.5. The van der Waals surface area contributed by atoms with Gasteiger partial charge in [-0.2, -0.15) is 0 Å². The molecule has 3 rings (SSSR count). The molecule has 3 heteroatoms. The van der Waals surface area contributed by atoms with Crippen molar-refractivity contribution in [3.05, 3.63) is 23.4 Å². The van der Waals surface area contributed by atoms with E-state index in [0.717, 1.165) is 36.7 Å². The Morgan fingerprint density at radius 2 is 1.95 bits per heavy atom. The van der Waals surface area contributed by atoms with Crippen LogP contribution in [0.4, 0.5) is 0 Å². The van der Waals surface area contributed by atoms with Crippen LogP contribution in [0.2, 0.25) is 0 Å². The minimum absolute atomic E-state index is 0.444. The van der Waals surface area contributed by atoms with E-state index in [1.165, 1.54) is 44.1 Å². The summed E-state index contributed by atoms with van der Waals surface area (Å²) in [5.74, 6) is 2.00. The third kappa shape index (κ3) is 4.44. The van der Waals surface area contributed by atoms with Crippen LogP contribution in [-0.2, 0) is 6.54 Å². The predicted molar refractivity (Wildman–Crippen MR) is 85.6 cm³/mol. The molecule has 0 aliphatic heterocycles. The van der Waals surface area contributed by atoms with Crippen molar-refractivity contribution >= 4 is 0 Å². The molecule has 2 aliphatic rings. The first kappa shape index (κ1) is 14.8. The van der Waals surface area contributed by atoms with E-state index in [0.29, 0.717) is 5.92 Å². The van der Waals surface area contributed by atoms with Gasteiger partial charge < -0.3 is 10.1 Å². The van der Waals surface area contributed by atoms with Crippen molar-refractivity contribution in [2.45, 2.75) is 70.9 Å². The van der Waals surface area contributed by atoms with E-state index in [2.05, 4.69) is 36.3 Å². The van der Waals surface area contributed by atoms with Crippen LogP contribution in [0.15, 0.2) is 12.1 Å². The van der Waals surface area contributed by atoms with Gasteiger partial charge in [0.2, 0.25) is 5.88 Å². The van der Waals surface area contributed by atoms with Gasteiger partial charge in [-0.3, -0.25) is 0 Å². The Balaban J connectivity index is 1.64. The quantitative estimate of drug-likeness (QED) is 0.822. The summed E-state index contributed by atoms with van der Waals surface area (Å²) in [4.78, 5) is 4.69. The largest absolute Gasteiger partial charge is 0.477 e. The normalized spacial score (nSPS) is 19.4. The Labute approximate surface area is 128 Å². The molecule has 0 amide bonds. The molecule has 0 saturated heterocycles. The first-order valence-electron chi connectivity index (χ1n) is 8.58. The highest BCUT2D eigenvalue weighted by molar-refractivity contribution is 5.27. The minimum Gasteiger partial charge on any atom is -0.477 e. The van der Waals surface area contributed by atoms with E-state index in [1.807, 2.05) is 0 Å². The predicted octanol–water partition coefficient (Wildman–Crippen LogP) is 4.03. The number of hydrogen-bond donors (Lipinski definition) is 1. The lowest BCUT2D eigenvalue weighted by Crippen LogP contribution is -2.16. The molecule has 1 aromatic heterocycles. The zero-order chi connectivity index (χ0) is 14.7. The molecule has 1 N–H and O–H groups in total. The van der Waals surface area contributed by atoms with Crippen molar-refractivity contribution in [1.29, 1.82) is 0 Å². The number of pyridine rings is 1. The number of nitrogens with one attached hydrogen (secondary N) is 1. The summed E-state index contributed by atoms with van der Waals surface area (Å²) in [5, 5.41) is 3.58. The second-order valence-electron chi connectivity index (χ2n) is 7.01. The maximum Gasteiger partial charge on any atom is 0.213 e. The molecule has 2 aliphatic carbocycles. The first-order chi connectivity index (χ1) is 10.2. The Morgan fingerprint density at radius 1 is 1.19 bits per heavy atom. The smallest absolute Gasteiger partial charge is 0.213 e. The average Bonchev–Trinajstić information content (AvgIpc) is 3.16. The van der Waals surface area contributed by atoms with Gasteiger partial charge in [0.1, 0.15) is 0 Å². The third-order valence-corrected chi connectivity index (χ3v) is 4.59. The fourth-order valence-corrected chi connectivity index (χ4v) is 2.98. The molecule has 0 atom stereocenters. The maximum absolute atomic E-state index is 6.00. The average molecular weight is 288 g/mol. The first-order valence-corrected chi connectivity index (χ1v) is 8.58. The van der Waals surface area contributed by atoms with Gasteiger partial charge in [-0.1, -0.05) is 26.7 Å². The van der Waals surface area contributed by atoms with E-state index >= 15 is 0 Å². The summed E-state index contributed by atoms with van der Waals surface area (Å²) in [6.07, 6.45) is 8.02. The van der Waals surface area contributed by atoms with E-state index < -0.39 is 0 Å². The summed E-state index contributed by atoms with van der Waals surface area (Å²) in [7, 11) is 0. The molecule has 0 radical (unpaired) electrons. The molecular formula is C18H28N2O. The van der Waals surface area contributed by atoms with E-state index in [-0.39, 0.29) is 0 Å². The summed E-state index contributed by atoms with van der Waals surface area (Å²) < 4.78 is 6.00. The number of rotatable bonds is 7. The Hall–Kier alpha value is -1.09. The van der Waals surface area contributed by atoms with E-state index in [1.54, 1.807) is 0 Å². The Kier molecular flexibility index (Phi) is 4.79. The number of ether oxygens (including phenoxy) is 1. The lowest BCUT2D eigenvalue weighted by Gasteiger charge is -2.14.